The molecule has 12 nitrogen and oxygen atoms in total. The summed E-state index contributed by atoms with van der Waals surface area (Å²) in [4.78, 5) is 12.1. The van der Waals surface area contributed by atoms with Crippen molar-refractivity contribution >= 4 is 12.0 Å². The first-order valence-corrected chi connectivity index (χ1v) is 11.5. The average Bonchev–Trinajstić information content (AvgIpc) is 3.57. The first-order valence-electron chi connectivity index (χ1n) is 11.5. The maximum Gasteiger partial charge on any atom is 0.330 e. The van der Waals surface area contributed by atoms with E-state index in [1.807, 2.05) is 0 Å². The highest BCUT2D eigenvalue weighted by Gasteiger charge is 2.75. The highest BCUT2D eigenvalue weighted by Crippen LogP contribution is 2.59. The van der Waals surface area contributed by atoms with E-state index in [2.05, 4.69) is 0 Å². The third-order valence-corrected chi connectivity index (χ3v) is 7.14. The van der Waals surface area contributed by atoms with Gasteiger partial charge in [0.15, 0.2) is 6.29 Å². The molecule has 12 heteroatoms. The third kappa shape index (κ3) is 4.40. The van der Waals surface area contributed by atoms with E-state index in [0.717, 1.165) is 6.08 Å². The number of phenols is 1. The molecule has 0 amide bonds. The molecule has 0 bridgehead atoms. The van der Waals surface area contributed by atoms with Gasteiger partial charge in [0.25, 0.3) is 0 Å². The van der Waals surface area contributed by atoms with Crippen LogP contribution in [0.3, 0.4) is 0 Å². The number of hydrogen-bond donors (Lipinski definition) is 6. The van der Waals surface area contributed by atoms with E-state index in [1.165, 1.54) is 24.5 Å². The molecule has 196 valence electrons. The molecule has 1 aromatic rings. The van der Waals surface area contributed by atoms with Gasteiger partial charge in [-0.25, -0.2) is 4.79 Å². The van der Waals surface area contributed by atoms with Crippen molar-refractivity contribution in [2.45, 2.75) is 54.8 Å². The highest BCUT2D eigenvalue weighted by molar-refractivity contribution is 5.87. The maximum absolute atomic E-state index is 12.1. The van der Waals surface area contributed by atoms with Gasteiger partial charge < -0.3 is 54.3 Å². The molecular weight excluding hydrogens is 480 g/mol. The summed E-state index contributed by atoms with van der Waals surface area (Å²) < 4.78 is 27.6. The Morgan fingerprint density at radius 2 is 1.78 bits per heavy atom. The second kappa shape index (κ2) is 9.72. The van der Waals surface area contributed by atoms with E-state index in [-0.39, 0.29) is 12.4 Å². The molecule has 0 radical (unpaired) electrons. The van der Waals surface area contributed by atoms with Gasteiger partial charge in [-0.05, 0) is 29.8 Å². The number of aliphatic hydroxyl groups is 5. The molecule has 4 aliphatic rings. The van der Waals surface area contributed by atoms with Crippen LogP contribution in [0.15, 0.2) is 42.7 Å². The number of carbonyl (C=O) groups is 1. The SMILES string of the molecule is O=C(/C=C/c1ccc(O)cc1)OCC1OC(OC2OC=C[C@H]3C(O)C4O[C@]4(CO)[C@@H]23)C(O)C(O)C1O. The number of aromatic hydroxyl groups is 1. The van der Waals surface area contributed by atoms with Crippen molar-refractivity contribution in [3.63, 3.8) is 0 Å². The zero-order valence-electron chi connectivity index (χ0n) is 18.9. The summed E-state index contributed by atoms with van der Waals surface area (Å²) in [5.74, 6) is -1.71. The Labute approximate surface area is 205 Å². The van der Waals surface area contributed by atoms with Gasteiger partial charge in [-0.2, -0.15) is 0 Å². The monoisotopic (exact) mass is 508 g/mol. The summed E-state index contributed by atoms with van der Waals surface area (Å²) >= 11 is 0. The van der Waals surface area contributed by atoms with Crippen molar-refractivity contribution in [3.05, 3.63) is 48.2 Å². The molecule has 2 saturated heterocycles. The van der Waals surface area contributed by atoms with Crippen LogP contribution in [0.2, 0.25) is 0 Å². The lowest BCUT2D eigenvalue weighted by atomic mass is 9.85. The lowest BCUT2D eigenvalue weighted by molar-refractivity contribution is -0.344. The van der Waals surface area contributed by atoms with Crippen LogP contribution in [0.1, 0.15) is 5.56 Å². The van der Waals surface area contributed by atoms with Crippen molar-refractivity contribution in [1.29, 1.82) is 0 Å². The number of phenolic OH excluding ortho intramolecular Hbond substituents is 1. The van der Waals surface area contributed by atoms with Crippen LogP contribution >= 0.6 is 0 Å². The fourth-order valence-electron chi connectivity index (χ4n) is 5.12. The summed E-state index contributed by atoms with van der Waals surface area (Å²) in [6.45, 7) is -0.829. The van der Waals surface area contributed by atoms with Crippen LogP contribution in [0.25, 0.3) is 6.08 Å². The summed E-state index contributed by atoms with van der Waals surface area (Å²) in [5.41, 5.74) is -0.416. The predicted octanol–water partition coefficient (Wildman–Crippen LogP) is -1.62. The van der Waals surface area contributed by atoms with E-state index in [1.54, 1.807) is 18.2 Å². The van der Waals surface area contributed by atoms with E-state index < -0.39 is 79.2 Å². The number of rotatable bonds is 7. The Kier molecular flexibility index (Phi) is 6.78. The second-order valence-electron chi connectivity index (χ2n) is 9.28. The normalized spacial score (nSPS) is 43.0. The van der Waals surface area contributed by atoms with E-state index in [4.69, 9.17) is 23.7 Å². The smallest absolute Gasteiger partial charge is 0.330 e. The van der Waals surface area contributed by atoms with Gasteiger partial charge in [-0.3, -0.25) is 0 Å². The standard InChI is InChI=1S/C24H28O12/c25-10-24-16-13(17(28)21(24)36-24)7-8-32-22(16)35-23-20(31)19(30)18(29)14(34-23)9-33-15(27)6-3-11-1-4-12(26)5-2-11/h1-8,13-14,16-23,25-26,28-31H,9-10H2/b6-3+/t13-,14?,16-,17?,18?,19?,20?,21?,22?,23?,24-/m1/s1. The van der Waals surface area contributed by atoms with Gasteiger partial charge in [-0.1, -0.05) is 12.1 Å². The predicted molar refractivity (Wildman–Crippen MR) is 118 cm³/mol. The molecule has 1 aliphatic carbocycles. The molecule has 1 saturated carbocycles. The van der Waals surface area contributed by atoms with E-state index >= 15 is 0 Å². The molecule has 3 heterocycles. The van der Waals surface area contributed by atoms with Gasteiger partial charge in [0.05, 0.1) is 24.9 Å². The van der Waals surface area contributed by atoms with Crippen LogP contribution < -0.4 is 0 Å². The molecule has 8 unspecified atom stereocenters. The fraction of sp³-hybridized carbons (Fsp3) is 0.542. The van der Waals surface area contributed by atoms with Crippen molar-refractivity contribution in [2.75, 3.05) is 13.2 Å². The lowest BCUT2D eigenvalue weighted by Gasteiger charge is -2.43. The highest BCUT2D eigenvalue weighted by atomic mass is 16.8. The van der Waals surface area contributed by atoms with Gasteiger partial charge in [-0.15, -0.1) is 0 Å². The first kappa shape index (κ1) is 25.1. The number of hydrogen-bond acceptors (Lipinski definition) is 12. The maximum atomic E-state index is 12.1. The molecule has 6 N–H and O–H groups in total. The Bertz CT molecular complexity index is 1010. The molecule has 3 aliphatic heterocycles. The Morgan fingerprint density at radius 3 is 2.50 bits per heavy atom. The van der Waals surface area contributed by atoms with Gasteiger partial charge >= 0.3 is 5.97 Å². The van der Waals surface area contributed by atoms with Crippen LogP contribution in [0.4, 0.5) is 0 Å². The zero-order chi connectivity index (χ0) is 25.6. The largest absolute Gasteiger partial charge is 0.508 e. The minimum absolute atomic E-state index is 0.0842. The number of esters is 1. The van der Waals surface area contributed by atoms with Crippen LogP contribution in [-0.2, 0) is 28.5 Å². The molecule has 3 fully saturated rings. The Balaban J connectivity index is 1.22. The number of ether oxygens (including phenoxy) is 5. The van der Waals surface area contributed by atoms with E-state index in [9.17, 15) is 35.4 Å². The molecule has 11 atom stereocenters. The van der Waals surface area contributed by atoms with Crippen LogP contribution in [-0.4, -0.2) is 105 Å². The zero-order valence-corrected chi connectivity index (χ0v) is 18.9. The molecule has 5 rings (SSSR count). The summed E-state index contributed by atoms with van der Waals surface area (Å²) in [6.07, 6.45) is -4.61. The quantitative estimate of drug-likeness (QED) is 0.141. The van der Waals surface area contributed by atoms with Crippen LogP contribution in [0, 0.1) is 11.8 Å². The van der Waals surface area contributed by atoms with Crippen LogP contribution in [0.5, 0.6) is 5.75 Å². The van der Waals surface area contributed by atoms with Crippen molar-refractivity contribution < 1.29 is 59.1 Å². The third-order valence-electron chi connectivity index (χ3n) is 7.14. The van der Waals surface area contributed by atoms with E-state index in [0.29, 0.717) is 5.56 Å². The number of aliphatic hydroxyl groups excluding tert-OH is 5. The number of epoxide rings is 1. The molecule has 1 aromatic carbocycles. The second-order valence-corrected chi connectivity index (χ2v) is 9.28. The molecular formula is C24H28O12. The summed E-state index contributed by atoms with van der Waals surface area (Å²) in [6, 6.07) is 6.11. The van der Waals surface area contributed by atoms with Gasteiger partial charge in [0.2, 0.25) is 6.29 Å². The first-order chi connectivity index (χ1) is 17.2. The topological polar surface area (TPSA) is 188 Å². The van der Waals surface area contributed by atoms with Gasteiger partial charge in [0, 0.05) is 12.0 Å². The Hall–Kier alpha value is -2.55. The van der Waals surface area contributed by atoms with Crippen molar-refractivity contribution in [2.24, 2.45) is 11.8 Å². The Morgan fingerprint density at radius 1 is 1.03 bits per heavy atom. The minimum Gasteiger partial charge on any atom is -0.508 e. The number of benzene rings is 1. The summed E-state index contributed by atoms with van der Waals surface area (Å²) in [5, 5.41) is 60.8. The molecule has 0 spiro atoms. The lowest BCUT2D eigenvalue weighted by Crippen LogP contribution is -2.60. The van der Waals surface area contributed by atoms with Crippen molar-refractivity contribution in [3.8, 4) is 5.75 Å². The molecule has 0 aromatic heterocycles. The average molecular weight is 508 g/mol. The fourth-order valence-corrected chi connectivity index (χ4v) is 5.12. The number of carbonyl (C=O) groups excluding carboxylic acids is 1. The minimum atomic E-state index is -1.68. The van der Waals surface area contributed by atoms with Crippen molar-refractivity contribution in [1.82, 2.24) is 0 Å². The summed E-state index contributed by atoms with van der Waals surface area (Å²) in [7, 11) is 0. The van der Waals surface area contributed by atoms with Gasteiger partial charge in [0.1, 0.15) is 48.5 Å². The molecule has 36 heavy (non-hydrogen) atoms. The number of fused-ring (bicyclic) bond motifs is 3.